The van der Waals surface area contributed by atoms with Crippen molar-refractivity contribution in [3.8, 4) is 5.75 Å². The number of nitrogens with one attached hydrogen (secondary N) is 3. The van der Waals surface area contributed by atoms with E-state index in [-0.39, 0.29) is 42.7 Å². The van der Waals surface area contributed by atoms with E-state index in [0.717, 1.165) is 16.9 Å². The predicted molar refractivity (Wildman–Crippen MR) is 179 cm³/mol. The number of nitrogens with zero attached hydrogens (tertiary/aromatic N) is 1. The molecule has 1 fully saturated rings. The summed E-state index contributed by atoms with van der Waals surface area (Å²) >= 11 is 0. The minimum atomic E-state index is -1.11. The second kappa shape index (κ2) is 18.0. The summed E-state index contributed by atoms with van der Waals surface area (Å²) in [6, 6.07) is 16.3. The Morgan fingerprint density at radius 1 is 1.04 bits per heavy atom. The summed E-state index contributed by atoms with van der Waals surface area (Å²) in [6.45, 7) is 9.05. The number of benzene rings is 2. The van der Waals surface area contributed by atoms with Gasteiger partial charge in [0.1, 0.15) is 23.9 Å². The van der Waals surface area contributed by atoms with Crippen molar-refractivity contribution in [1.82, 2.24) is 20.9 Å². The van der Waals surface area contributed by atoms with E-state index in [1.165, 1.54) is 7.11 Å². The summed E-state index contributed by atoms with van der Waals surface area (Å²) < 4.78 is 10.3. The molecule has 3 rings (SSSR count). The Kier molecular flexibility index (Phi) is 14.5. The molecule has 0 spiro atoms. The zero-order chi connectivity index (χ0) is 33.7. The quantitative estimate of drug-likeness (QED) is 0.186. The number of amides is 3. The Hall–Kier alpha value is -3.47. The van der Waals surface area contributed by atoms with Crippen LogP contribution in [0.4, 0.5) is 0 Å². The molecule has 1 aliphatic heterocycles. The fourth-order valence-electron chi connectivity index (χ4n) is 6.28. The number of likely N-dealkylation sites (tertiary alicyclic amines) is 1. The van der Waals surface area contributed by atoms with Crippen molar-refractivity contribution in [2.75, 3.05) is 33.9 Å². The largest absolute Gasteiger partial charge is 0.497 e. The highest BCUT2D eigenvalue weighted by molar-refractivity contribution is 5.97. The van der Waals surface area contributed by atoms with Crippen molar-refractivity contribution in [2.45, 2.75) is 90.1 Å². The maximum Gasteiger partial charge on any atom is 0.249 e. The molecule has 0 saturated carbocycles. The molecular formula is C36H54N4O6. The van der Waals surface area contributed by atoms with Crippen LogP contribution in [0.25, 0.3) is 0 Å². The average Bonchev–Trinajstić information content (AvgIpc) is 3.36. The third-order valence-corrected chi connectivity index (χ3v) is 9.04. The van der Waals surface area contributed by atoms with Gasteiger partial charge in [-0.2, -0.15) is 0 Å². The molecule has 0 aromatic heterocycles. The van der Waals surface area contributed by atoms with Crippen molar-refractivity contribution in [3.05, 3.63) is 65.7 Å². The maximum atomic E-state index is 14.3. The lowest BCUT2D eigenvalue weighted by Gasteiger charge is -2.36. The Morgan fingerprint density at radius 2 is 1.76 bits per heavy atom. The monoisotopic (exact) mass is 638 g/mol. The molecule has 254 valence electrons. The smallest absolute Gasteiger partial charge is 0.249 e. The first-order valence-electron chi connectivity index (χ1n) is 16.5. The molecule has 10 heteroatoms. The van der Waals surface area contributed by atoms with Crippen LogP contribution in [0.3, 0.4) is 0 Å². The van der Waals surface area contributed by atoms with Crippen LogP contribution in [-0.4, -0.2) is 85.4 Å². The molecule has 46 heavy (non-hydrogen) atoms. The van der Waals surface area contributed by atoms with E-state index in [1.807, 2.05) is 68.4 Å². The van der Waals surface area contributed by atoms with Gasteiger partial charge in [-0.3, -0.25) is 14.4 Å². The van der Waals surface area contributed by atoms with E-state index in [1.54, 1.807) is 12.0 Å². The van der Waals surface area contributed by atoms with Crippen LogP contribution in [0.5, 0.6) is 5.75 Å². The Bertz CT molecular complexity index is 1260. The average molecular weight is 639 g/mol. The van der Waals surface area contributed by atoms with Crippen LogP contribution in [0, 0.1) is 11.8 Å². The summed E-state index contributed by atoms with van der Waals surface area (Å²) in [5.41, 5.74) is 0.970. The molecule has 10 nitrogen and oxygen atoms in total. The molecule has 0 bridgehead atoms. The standard InChI is InChI=1S/C36H54N4O6/c1-7-26(4)36(39-33(42)24-45-5)18-19-40(35(36)44)31(17-16-27-12-9-8-10-13-27)34(43)38-30(20-25(2)3)32(41)23-37-22-28-14-11-15-29(21-28)46-6/h8-15,21,25-26,30-32,37,41H,7,16-20,22-24H2,1-6H3,(H,38,43)(H,39,42)/t26-,30+,31-,32-,36?/m0/s1. The molecule has 0 aliphatic carbocycles. The molecule has 1 heterocycles. The molecule has 2 aromatic carbocycles. The van der Waals surface area contributed by atoms with Gasteiger partial charge in [0, 0.05) is 26.7 Å². The zero-order valence-electron chi connectivity index (χ0n) is 28.4. The Balaban J connectivity index is 1.81. The maximum absolute atomic E-state index is 14.3. The summed E-state index contributed by atoms with van der Waals surface area (Å²) in [6.07, 6.45) is 1.79. The van der Waals surface area contributed by atoms with Gasteiger partial charge in [-0.25, -0.2) is 0 Å². The third-order valence-electron chi connectivity index (χ3n) is 9.04. The lowest BCUT2D eigenvalue weighted by atomic mass is 9.81. The molecular weight excluding hydrogens is 584 g/mol. The lowest BCUT2D eigenvalue weighted by Crippen LogP contribution is -2.61. The minimum absolute atomic E-state index is 0.144. The summed E-state index contributed by atoms with van der Waals surface area (Å²) in [5.74, 6) is -0.0768. The molecule has 2 aromatic rings. The van der Waals surface area contributed by atoms with Crippen LogP contribution >= 0.6 is 0 Å². The first-order valence-corrected chi connectivity index (χ1v) is 16.5. The Labute approximate surface area is 274 Å². The number of aryl methyl sites for hydroxylation is 1. The zero-order valence-corrected chi connectivity index (χ0v) is 28.4. The highest BCUT2D eigenvalue weighted by atomic mass is 16.5. The van der Waals surface area contributed by atoms with Gasteiger partial charge in [-0.1, -0.05) is 76.6 Å². The van der Waals surface area contributed by atoms with Gasteiger partial charge in [0.2, 0.25) is 17.7 Å². The molecule has 0 radical (unpaired) electrons. The fraction of sp³-hybridized carbons (Fsp3) is 0.583. The van der Waals surface area contributed by atoms with Crippen LogP contribution in [0.1, 0.15) is 64.5 Å². The van der Waals surface area contributed by atoms with Crippen molar-refractivity contribution in [2.24, 2.45) is 11.8 Å². The van der Waals surface area contributed by atoms with Gasteiger partial charge in [0.05, 0.1) is 19.3 Å². The number of hydrogen-bond acceptors (Lipinski definition) is 7. The third kappa shape index (κ3) is 10.0. The van der Waals surface area contributed by atoms with Crippen LogP contribution in [0.2, 0.25) is 0 Å². The number of carbonyl (C=O) groups excluding carboxylic acids is 3. The number of rotatable bonds is 19. The minimum Gasteiger partial charge on any atom is -0.497 e. The number of methoxy groups -OCH3 is 2. The predicted octanol–water partition coefficient (Wildman–Crippen LogP) is 3.46. The van der Waals surface area contributed by atoms with E-state index in [4.69, 9.17) is 9.47 Å². The summed E-state index contributed by atoms with van der Waals surface area (Å²) in [5, 5.41) is 20.7. The molecule has 4 N–H and O–H groups in total. The van der Waals surface area contributed by atoms with E-state index in [0.29, 0.717) is 45.2 Å². The number of aliphatic hydroxyl groups excluding tert-OH is 1. The topological polar surface area (TPSA) is 129 Å². The first kappa shape index (κ1) is 37.0. The van der Waals surface area contributed by atoms with Crippen molar-refractivity contribution in [1.29, 1.82) is 0 Å². The number of carbonyl (C=O) groups is 3. The van der Waals surface area contributed by atoms with Gasteiger partial charge in [0.25, 0.3) is 0 Å². The van der Waals surface area contributed by atoms with Crippen LogP contribution < -0.4 is 20.7 Å². The number of aliphatic hydroxyl groups is 1. The van der Waals surface area contributed by atoms with E-state index >= 15 is 0 Å². The SMILES string of the molecule is CC[C@H](C)C1(NC(=O)COC)CCN([C@@H](CCc2ccccc2)C(=O)N[C@H](CC(C)C)[C@@H](O)CNCc2cccc(OC)c2)C1=O. The molecule has 1 aliphatic rings. The highest BCUT2D eigenvalue weighted by Gasteiger charge is 2.53. The van der Waals surface area contributed by atoms with E-state index in [9.17, 15) is 19.5 Å². The van der Waals surface area contributed by atoms with Crippen molar-refractivity contribution >= 4 is 17.7 Å². The van der Waals surface area contributed by atoms with E-state index < -0.39 is 23.7 Å². The normalized spacial score (nSPS) is 19.0. The molecule has 5 atom stereocenters. The Morgan fingerprint density at radius 3 is 2.41 bits per heavy atom. The van der Waals surface area contributed by atoms with Gasteiger partial charge in [-0.05, 0) is 60.8 Å². The highest BCUT2D eigenvalue weighted by Crippen LogP contribution is 2.34. The van der Waals surface area contributed by atoms with Gasteiger partial charge < -0.3 is 35.4 Å². The first-order chi connectivity index (χ1) is 22.0. The van der Waals surface area contributed by atoms with Crippen LogP contribution in [0.15, 0.2) is 54.6 Å². The second-order valence-corrected chi connectivity index (χ2v) is 12.8. The van der Waals surface area contributed by atoms with Gasteiger partial charge >= 0.3 is 0 Å². The van der Waals surface area contributed by atoms with Crippen LogP contribution in [-0.2, 0) is 32.1 Å². The molecule has 1 saturated heterocycles. The number of ether oxygens (including phenoxy) is 2. The summed E-state index contributed by atoms with van der Waals surface area (Å²) in [4.78, 5) is 42.8. The van der Waals surface area contributed by atoms with Gasteiger partial charge in [-0.15, -0.1) is 0 Å². The second-order valence-electron chi connectivity index (χ2n) is 12.8. The van der Waals surface area contributed by atoms with Crippen molar-refractivity contribution < 1.29 is 29.0 Å². The molecule has 3 amide bonds. The molecule has 1 unspecified atom stereocenters. The lowest BCUT2D eigenvalue weighted by molar-refractivity contribution is -0.145. The van der Waals surface area contributed by atoms with Gasteiger partial charge in [0.15, 0.2) is 0 Å². The van der Waals surface area contributed by atoms with E-state index in [2.05, 4.69) is 29.8 Å². The summed E-state index contributed by atoms with van der Waals surface area (Å²) in [7, 11) is 3.07. The fourth-order valence-corrected chi connectivity index (χ4v) is 6.28. The van der Waals surface area contributed by atoms with Crippen molar-refractivity contribution in [3.63, 3.8) is 0 Å². The number of hydrogen-bond donors (Lipinski definition) is 4.